The van der Waals surface area contributed by atoms with E-state index >= 15 is 0 Å². The van der Waals surface area contributed by atoms with Crippen molar-refractivity contribution in [3.63, 3.8) is 0 Å². The van der Waals surface area contributed by atoms with Crippen molar-refractivity contribution >= 4 is 28.8 Å². The van der Waals surface area contributed by atoms with Crippen LogP contribution in [0.25, 0.3) is 0 Å². The lowest BCUT2D eigenvalue weighted by Crippen LogP contribution is -2.56. The molecule has 23 heavy (non-hydrogen) atoms. The van der Waals surface area contributed by atoms with E-state index in [-0.39, 0.29) is 12.1 Å². The number of alkyl halides is 3. The zero-order valence-electron chi connectivity index (χ0n) is 12.3. The van der Waals surface area contributed by atoms with Crippen LogP contribution in [0.2, 0.25) is 5.02 Å². The second-order valence-corrected chi connectivity index (χ2v) is 7.30. The topological polar surface area (TPSA) is 42.1 Å². The van der Waals surface area contributed by atoms with Gasteiger partial charge in [-0.25, -0.2) is 0 Å². The van der Waals surface area contributed by atoms with Gasteiger partial charge in [-0.15, -0.1) is 0 Å². The minimum Gasteiger partial charge on any atom is -0.393 e. The number of pyridine rings is 1. The van der Waals surface area contributed by atoms with Crippen molar-refractivity contribution < 1.29 is 13.2 Å². The summed E-state index contributed by atoms with van der Waals surface area (Å²) in [6.07, 6.45) is 1.43. The third kappa shape index (κ3) is 3.19. The molecule has 2 aliphatic rings. The standard InChI is InChI=1S/C15H17ClF3N3S/c16-10-3-9(6-21-7-10)14(13(20)23)4-11-1-2-12(5-14)22(11)8-15(17,18)19/h3,6-7,11-12H,1-2,4-5,8H2,(H2,20,23). The van der Waals surface area contributed by atoms with E-state index in [1.54, 1.807) is 17.2 Å². The average molecular weight is 364 g/mol. The monoisotopic (exact) mass is 363 g/mol. The first kappa shape index (κ1) is 16.9. The molecule has 2 atom stereocenters. The smallest absolute Gasteiger partial charge is 0.393 e. The van der Waals surface area contributed by atoms with Crippen LogP contribution >= 0.6 is 23.8 Å². The zero-order chi connectivity index (χ0) is 16.8. The van der Waals surface area contributed by atoms with Gasteiger partial charge in [-0.05, 0) is 37.3 Å². The van der Waals surface area contributed by atoms with Crippen molar-refractivity contribution in [2.75, 3.05) is 6.54 Å². The van der Waals surface area contributed by atoms with Gasteiger partial charge in [0, 0.05) is 29.9 Å². The molecule has 2 saturated heterocycles. The summed E-state index contributed by atoms with van der Waals surface area (Å²) in [6, 6.07) is 1.43. The Balaban J connectivity index is 1.93. The molecule has 2 N–H and O–H groups in total. The maximum atomic E-state index is 12.8. The number of hydrogen-bond acceptors (Lipinski definition) is 3. The first-order valence-electron chi connectivity index (χ1n) is 7.45. The van der Waals surface area contributed by atoms with Crippen LogP contribution in [0.5, 0.6) is 0 Å². The Bertz CT molecular complexity index is 608. The van der Waals surface area contributed by atoms with Crippen LogP contribution in [0.1, 0.15) is 31.2 Å². The molecule has 2 bridgehead atoms. The van der Waals surface area contributed by atoms with E-state index in [4.69, 9.17) is 29.6 Å². The number of thiocarbonyl (C=S) groups is 1. The Morgan fingerprint density at radius 1 is 1.35 bits per heavy atom. The summed E-state index contributed by atoms with van der Waals surface area (Å²) in [5, 5.41) is 0.475. The maximum absolute atomic E-state index is 12.8. The molecule has 3 rings (SSSR count). The molecule has 0 saturated carbocycles. The van der Waals surface area contributed by atoms with E-state index < -0.39 is 18.1 Å². The Hall–Kier alpha value is -0.920. The van der Waals surface area contributed by atoms with Crippen molar-refractivity contribution in [1.29, 1.82) is 0 Å². The third-order valence-electron chi connectivity index (χ3n) is 5.03. The minimum absolute atomic E-state index is 0.171. The molecule has 1 aromatic rings. The van der Waals surface area contributed by atoms with Crippen molar-refractivity contribution in [1.82, 2.24) is 9.88 Å². The number of nitrogens with two attached hydrogens (primary N) is 1. The van der Waals surface area contributed by atoms with Crippen LogP contribution in [0.3, 0.4) is 0 Å². The molecule has 2 aliphatic heterocycles. The second-order valence-electron chi connectivity index (χ2n) is 6.42. The summed E-state index contributed by atoms with van der Waals surface area (Å²) in [5.41, 5.74) is 6.21. The Morgan fingerprint density at radius 2 is 1.96 bits per heavy atom. The minimum atomic E-state index is -4.19. The van der Waals surface area contributed by atoms with Gasteiger partial charge in [-0.1, -0.05) is 23.8 Å². The van der Waals surface area contributed by atoms with Crippen LogP contribution in [0.4, 0.5) is 13.2 Å². The van der Waals surface area contributed by atoms with Gasteiger partial charge in [0.05, 0.1) is 16.6 Å². The molecule has 0 amide bonds. The molecular weight excluding hydrogens is 347 g/mol. The van der Waals surface area contributed by atoms with Crippen molar-refractivity contribution in [3.8, 4) is 0 Å². The fourth-order valence-corrected chi connectivity index (χ4v) is 4.52. The van der Waals surface area contributed by atoms with Gasteiger partial charge in [0.1, 0.15) is 0 Å². The van der Waals surface area contributed by atoms with Gasteiger partial charge < -0.3 is 5.73 Å². The average Bonchev–Trinajstić information content (AvgIpc) is 2.69. The number of aromatic nitrogens is 1. The van der Waals surface area contributed by atoms with Crippen LogP contribution in [-0.2, 0) is 5.41 Å². The quantitative estimate of drug-likeness (QED) is 0.835. The summed E-state index contributed by atoms with van der Waals surface area (Å²) in [5.74, 6) is 0. The SMILES string of the molecule is NC(=S)C1(c2cncc(Cl)c2)CC2CCC(C1)N2CC(F)(F)F. The number of rotatable bonds is 3. The molecule has 2 unspecified atom stereocenters. The fraction of sp³-hybridized carbons (Fsp3) is 0.600. The lowest BCUT2D eigenvalue weighted by Gasteiger charge is -2.46. The van der Waals surface area contributed by atoms with E-state index in [9.17, 15) is 13.2 Å². The summed E-state index contributed by atoms with van der Waals surface area (Å²) in [7, 11) is 0. The van der Waals surface area contributed by atoms with E-state index in [0.29, 0.717) is 22.9 Å². The van der Waals surface area contributed by atoms with Gasteiger partial charge in [-0.2, -0.15) is 13.2 Å². The second kappa shape index (κ2) is 5.86. The maximum Gasteiger partial charge on any atom is 0.401 e. The molecule has 0 aliphatic carbocycles. The number of halogens is 4. The third-order valence-corrected chi connectivity index (χ3v) is 5.63. The normalized spacial score (nSPS) is 31.3. The predicted octanol–water partition coefficient (Wildman–Crippen LogP) is 3.45. The van der Waals surface area contributed by atoms with Crippen LogP contribution < -0.4 is 5.73 Å². The summed E-state index contributed by atoms with van der Waals surface area (Å²) < 4.78 is 38.5. The molecule has 2 fully saturated rings. The molecule has 0 spiro atoms. The summed E-state index contributed by atoms with van der Waals surface area (Å²) >= 11 is 11.3. The van der Waals surface area contributed by atoms with Crippen LogP contribution in [-0.4, -0.2) is 39.7 Å². The zero-order valence-corrected chi connectivity index (χ0v) is 13.9. The van der Waals surface area contributed by atoms with Crippen molar-refractivity contribution in [3.05, 3.63) is 29.0 Å². The van der Waals surface area contributed by atoms with E-state index in [0.717, 1.165) is 18.4 Å². The van der Waals surface area contributed by atoms with E-state index in [2.05, 4.69) is 4.98 Å². The fourth-order valence-electron chi connectivity index (χ4n) is 4.06. The highest BCUT2D eigenvalue weighted by atomic mass is 35.5. The van der Waals surface area contributed by atoms with Gasteiger partial charge in [0.2, 0.25) is 0 Å². The lowest BCUT2D eigenvalue weighted by atomic mass is 9.70. The van der Waals surface area contributed by atoms with Gasteiger partial charge >= 0.3 is 6.18 Å². The predicted molar refractivity (Wildman–Crippen MR) is 86.5 cm³/mol. The number of piperidine rings is 1. The van der Waals surface area contributed by atoms with E-state index in [1.165, 1.54) is 6.20 Å². The summed E-state index contributed by atoms with van der Waals surface area (Å²) in [4.78, 5) is 5.97. The molecule has 3 heterocycles. The molecule has 0 radical (unpaired) electrons. The number of hydrogen-bond donors (Lipinski definition) is 1. The van der Waals surface area contributed by atoms with Gasteiger partial charge in [0.25, 0.3) is 0 Å². The molecule has 126 valence electrons. The van der Waals surface area contributed by atoms with Crippen LogP contribution in [0, 0.1) is 0 Å². The number of nitrogens with zero attached hydrogens (tertiary/aromatic N) is 2. The molecule has 3 nitrogen and oxygen atoms in total. The first-order valence-corrected chi connectivity index (χ1v) is 8.23. The molecule has 8 heteroatoms. The highest BCUT2D eigenvalue weighted by Gasteiger charge is 2.52. The van der Waals surface area contributed by atoms with Crippen molar-refractivity contribution in [2.45, 2.75) is 49.4 Å². The highest BCUT2D eigenvalue weighted by molar-refractivity contribution is 7.80. The summed E-state index contributed by atoms with van der Waals surface area (Å²) in [6.45, 7) is -0.871. The van der Waals surface area contributed by atoms with E-state index in [1.807, 2.05) is 0 Å². The lowest BCUT2D eigenvalue weighted by molar-refractivity contribution is -0.156. The Labute approximate surface area is 143 Å². The molecule has 0 aromatic carbocycles. The number of fused-ring (bicyclic) bond motifs is 2. The Morgan fingerprint density at radius 3 is 2.43 bits per heavy atom. The highest BCUT2D eigenvalue weighted by Crippen LogP contribution is 2.48. The van der Waals surface area contributed by atoms with Gasteiger partial charge in [-0.3, -0.25) is 9.88 Å². The largest absolute Gasteiger partial charge is 0.401 e. The molecular formula is C15H17ClF3N3S. The van der Waals surface area contributed by atoms with Crippen molar-refractivity contribution in [2.24, 2.45) is 5.73 Å². The Kier molecular flexibility index (Phi) is 4.31. The van der Waals surface area contributed by atoms with Crippen LogP contribution in [0.15, 0.2) is 18.5 Å². The molecule has 1 aromatic heterocycles. The van der Waals surface area contributed by atoms with Gasteiger partial charge in [0.15, 0.2) is 0 Å². The first-order chi connectivity index (χ1) is 10.7.